The molecule has 28 heavy (non-hydrogen) atoms. The molecule has 0 saturated heterocycles. The summed E-state index contributed by atoms with van der Waals surface area (Å²) < 4.78 is 6.15. The van der Waals surface area contributed by atoms with E-state index >= 15 is 0 Å². The van der Waals surface area contributed by atoms with Crippen LogP contribution in [0.2, 0.25) is 0 Å². The van der Waals surface area contributed by atoms with Gasteiger partial charge in [0.2, 0.25) is 0 Å². The molecule has 0 saturated carbocycles. The highest BCUT2D eigenvalue weighted by Gasteiger charge is 2.18. The molecule has 3 aromatic rings. The van der Waals surface area contributed by atoms with E-state index in [2.05, 4.69) is 0 Å². The molecule has 4 heteroatoms. The lowest BCUT2D eigenvalue weighted by Crippen LogP contribution is -2.37. The number of aliphatic hydroxyl groups is 2. The van der Waals surface area contributed by atoms with Crippen molar-refractivity contribution in [1.82, 2.24) is 0 Å². The Morgan fingerprint density at radius 3 is 1.75 bits per heavy atom. The average Bonchev–Trinajstić information content (AvgIpc) is 2.76. The molecule has 1 atom stereocenters. The zero-order valence-electron chi connectivity index (χ0n) is 15.9. The van der Waals surface area contributed by atoms with E-state index in [1.54, 1.807) is 0 Å². The Kier molecular flexibility index (Phi) is 7.62. The van der Waals surface area contributed by atoms with Crippen molar-refractivity contribution in [3.63, 3.8) is 0 Å². The zero-order chi connectivity index (χ0) is 19.6. The Labute approximate surface area is 166 Å². The average molecular weight is 377 g/mol. The fraction of sp³-hybridized carbons (Fsp3) is 0.250. The van der Waals surface area contributed by atoms with E-state index < -0.39 is 6.10 Å². The summed E-state index contributed by atoms with van der Waals surface area (Å²) in [5, 5.41) is 20.0. The Hall–Kier alpha value is -2.66. The van der Waals surface area contributed by atoms with E-state index in [-0.39, 0.29) is 19.3 Å². The van der Waals surface area contributed by atoms with Crippen LogP contribution in [0.3, 0.4) is 0 Å². The lowest BCUT2D eigenvalue weighted by Gasteiger charge is -2.28. The van der Waals surface area contributed by atoms with Gasteiger partial charge in [-0.05, 0) is 23.3 Å². The Morgan fingerprint density at radius 1 is 0.750 bits per heavy atom. The van der Waals surface area contributed by atoms with Crippen LogP contribution in [0.4, 0.5) is 5.69 Å². The molecular weight excluding hydrogens is 350 g/mol. The predicted molar refractivity (Wildman–Crippen MR) is 112 cm³/mol. The molecule has 0 aliphatic heterocycles. The Balaban J connectivity index is 1.67. The van der Waals surface area contributed by atoms with Gasteiger partial charge in [-0.2, -0.15) is 0 Å². The van der Waals surface area contributed by atoms with Crippen molar-refractivity contribution in [3.05, 3.63) is 102 Å². The molecule has 3 rings (SSSR count). The third kappa shape index (κ3) is 5.67. The number of hydrogen-bond acceptors (Lipinski definition) is 4. The van der Waals surface area contributed by atoms with Crippen LogP contribution in [0.5, 0.6) is 0 Å². The van der Waals surface area contributed by atoms with E-state index in [1.807, 2.05) is 95.9 Å². The number of anilines is 1. The number of rotatable bonds is 10. The van der Waals surface area contributed by atoms with Crippen molar-refractivity contribution in [2.24, 2.45) is 0 Å². The maximum absolute atomic E-state index is 10.6. The summed E-state index contributed by atoms with van der Waals surface area (Å²) in [6.45, 7) is 1.07. The van der Waals surface area contributed by atoms with Gasteiger partial charge in [-0.3, -0.25) is 0 Å². The van der Waals surface area contributed by atoms with Gasteiger partial charge < -0.3 is 19.8 Å². The molecule has 0 heterocycles. The molecule has 3 aromatic carbocycles. The van der Waals surface area contributed by atoms with Crippen molar-refractivity contribution in [2.75, 3.05) is 31.2 Å². The highest BCUT2D eigenvalue weighted by Crippen LogP contribution is 2.26. The van der Waals surface area contributed by atoms with Crippen LogP contribution in [0.25, 0.3) is 0 Å². The fourth-order valence-electron chi connectivity index (χ4n) is 3.24. The van der Waals surface area contributed by atoms with Gasteiger partial charge in [0.15, 0.2) is 0 Å². The molecule has 0 aliphatic carbocycles. The van der Waals surface area contributed by atoms with Crippen molar-refractivity contribution >= 4 is 5.69 Å². The van der Waals surface area contributed by atoms with Crippen LogP contribution in [0.15, 0.2) is 91.0 Å². The second-order valence-corrected chi connectivity index (χ2v) is 6.69. The van der Waals surface area contributed by atoms with Crippen LogP contribution < -0.4 is 4.90 Å². The van der Waals surface area contributed by atoms with Crippen LogP contribution in [0, 0.1) is 0 Å². The van der Waals surface area contributed by atoms with Gasteiger partial charge in [0, 0.05) is 18.8 Å². The highest BCUT2D eigenvalue weighted by molar-refractivity contribution is 5.46. The van der Waals surface area contributed by atoms with Gasteiger partial charge >= 0.3 is 0 Å². The fourth-order valence-corrected chi connectivity index (χ4v) is 3.24. The molecule has 0 amide bonds. The summed E-state index contributed by atoms with van der Waals surface area (Å²) in [4.78, 5) is 1.97. The molecule has 0 bridgehead atoms. The SMILES string of the molecule is OCCN(CC(O)COC(c1ccccc1)c1ccccc1)c1ccccc1. The van der Waals surface area contributed by atoms with E-state index in [9.17, 15) is 10.2 Å². The van der Waals surface area contributed by atoms with E-state index in [4.69, 9.17) is 4.74 Å². The summed E-state index contributed by atoms with van der Waals surface area (Å²) in [5.41, 5.74) is 3.07. The first-order chi connectivity index (χ1) is 13.8. The van der Waals surface area contributed by atoms with Gasteiger partial charge in [-0.25, -0.2) is 0 Å². The number of ether oxygens (including phenoxy) is 1. The van der Waals surface area contributed by atoms with Crippen molar-refractivity contribution in [2.45, 2.75) is 12.2 Å². The minimum Gasteiger partial charge on any atom is -0.395 e. The number of hydrogen-bond donors (Lipinski definition) is 2. The third-order valence-corrected chi connectivity index (χ3v) is 4.58. The Morgan fingerprint density at radius 2 is 1.25 bits per heavy atom. The van der Waals surface area contributed by atoms with Crippen LogP contribution in [-0.2, 0) is 4.74 Å². The molecule has 0 fully saturated rings. The first-order valence-corrected chi connectivity index (χ1v) is 9.58. The molecule has 2 N–H and O–H groups in total. The van der Waals surface area contributed by atoms with Gasteiger partial charge in [-0.1, -0.05) is 78.9 Å². The van der Waals surface area contributed by atoms with Crippen molar-refractivity contribution in [3.8, 4) is 0 Å². The van der Waals surface area contributed by atoms with Crippen molar-refractivity contribution in [1.29, 1.82) is 0 Å². The van der Waals surface area contributed by atoms with E-state index in [1.165, 1.54) is 0 Å². The lowest BCUT2D eigenvalue weighted by atomic mass is 10.0. The maximum Gasteiger partial charge on any atom is 0.108 e. The minimum absolute atomic E-state index is 0.0269. The van der Waals surface area contributed by atoms with Crippen molar-refractivity contribution < 1.29 is 14.9 Å². The van der Waals surface area contributed by atoms with Gasteiger partial charge in [-0.15, -0.1) is 0 Å². The molecule has 0 aromatic heterocycles. The number of aliphatic hydroxyl groups excluding tert-OH is 2. The number of para-hydroxylation sites is 1. The highest BCUT2D eigenvalue weighted by atomic mass is 16.5. The summed E-state index contributed by atoms with van der Waals surface area (Å²) in [6.07, 6.45) is -0.915. The molecule has 146 valence electrons. The minimum atomic E-state index is -0.679. The second kappa shape index (κ2) is 10.6. The monoisotopic (exact) mass is 377 g/mol. The van der Waals surface area contributed by atoms with Crippen LogP contribution in [0.1, 0.15) is 17.2 Å². The maximum atomic E-state index is 10.6. The standard InChI is InChI=1S/C24H27NO3/c26-17-16-25(22-14-8-3-9-15-22)18-23(27)19-28-24(20-10-4-1-5-11-20)21-12-6-2-7-13-21/h1-15,23-24,26-27H,16-19H2. The number of benzene rings is 3. The molecule has 0 spiro atoms. The summed E-state index contributed by atoms with van der Waals surface area (Å²) >= 11 is 0. The summed E-state index contributed by atoms with van der Waals surface area (Å²) in [6, 6.07) is 29.8. The van der Waals surface area contributed by atoms with Gasteiger partial charge in [0.05, 0.1) is 19.3 Å². The lowest BCUT2D eigenvalue weighted by molar-refractivity contribution is 0.00892. The topological polar surface area (TPSA) is 52.9 Å². The largest absolute Gasteiger partial charge is 0.395 e. The van der Waals surface area contributed by atoms with Crippen LogP contribution in [-0.4, -0.2) is 42.6 Å². The van der Waals surface area contributed by atoms with E-state index in [0.717, 1.165) is 16.8 Å². The molecule has 4 nitrogen and oxygen atoms in total. The molecule has 1 unspecified atom stereocenters. The summed E-state index contributed by atoms with van der Waals surface area (Å²) in [5.74, 6) is 0. The first-order valence-electron chi connectivity index (χ1n) is 9.58. The molecular formula is C24H27NO3. The predicted octanol–water partition coefficient (Wildman–Crippen LogP) is 3.65. The molecule has 0 radical (unpaired) electrons. The van der Waals surface area contributed by atoms with Gasteiger partial charge in [0.25, 0.3) is 0 Å². The normalized spacial score (nSPS) is 12.1. The number of nitrogens with zero attached hydrogens (tertiary/aromatic N) is 1. The second-order valence-electron chi connectivity index (χ2n) is 6.69. The quantitative estimate of drug-likeness (QED) is 0.566. The third-order valence-electron chi connectivity index (χ3n) is 4.58. The van der Waals surface area contributed by atoms with Crippen LogP contribution >= 0.6 is 0 Å². The smallest absolute Gasteiger partial charge is 0.108 e. The first kappa shape index (κ1) is 20.1. The van der Waals surface area contributed by atoms with Gasteiger partial charge in [0.1, 0.15) is 6.10 Å². The Bertz CT molecular complexity index is 756. The zero-order valence-corrected chi connectivity index (χ0v) is 15.9. The van der Waals surface area contributed by atoms with E-state index in [0.29, 0.717) is 13.1 Å². The molecule has 0 aliphatic rings. The summed E-state index contributed by atoms with van der Waals surface area (Å²) in [7, 11) is 0.